The van der Waals surface area contributed by atoms with Crippen molar-refractivity contribution in [3.05, 3.63) is 90.3 Å². The third kappa shape index (κ3) is 4.86. The van der Waals surface area contributed by atoms with E-state index in [1.165, 1.54) is 18.3 Å². The van der Waals surface area contributed by atoms with E-state index in [-0.39, 0.29) is 10.9 Å². The molecule has 1 N–H and O–H groups in total. The van der Waals surface area contributed by atoms with Gasteiger partial charge in [-0.1, -0.05) is 6.07 Å². The Balaban J connectivity index is 1.57. The van der Waals surface area contributed by atoms with Gasteiger partial charge in [0.25, 0.3) is 0 Å². The van der Waals surface area contributed by atoms with Crippen LogP contribution >= 0.6 is 0 Å². The quantitative estimate of drug-likeness (QED) is 0.297. The van der Waals surface area contributed by atoms with E-state index in [0.717, 1.165) is 12.3 Å². The highest BCUT2D eigenvalue weighted by Gasteiger charge is 2.21. The average Bonchev–Trinajstić information content (AvgIpc) is 2.95. The molecule has 5 aromatic rings. The molecule has 1 saturated heterocycles. The van der Waals surface area contributed by atoms with Crippen molar-refractivity contribution in [2.75, 3.05) is 36.5 Å². The first kappa shape index (κ1) is 24.7. The highest BCUT2D eigenvalue weighted by molar-refractivity contribution is 5.99. The van der Waals surface area contributed by atoms with Crippen LogP contribution in [0.15, 0.2) is 67.3 Å². The fourth-order valence-electron chi connectivity index (χ4n) is 4.75. The second kappa shape index (κ2) is 10.3. The molecule has 0 saturated carbocycles. The molecule has 7 nitrogen and oxygen atoms in total. The number of morpholine rings is 1. The molecule has 1 aliphatic heterocycles. The van der Waals surface area contributed by atoms with E-state index < -0.39 is 17.5 Å². The van der Waals surface area contributed by atoms with Crippen LogP contribution in [0.3, 0.4) is 0 Å². The topological polar surface area (TPSA) is 76.1 Å². The van der Waals surface area contributed by atoms with Gasteiger partial charge in [0.1, 0.15) is 23.3 Å². The summed E-state index contributed by atoms with van der Waals surface area (Å²) in [7, 11) is 0. The Morgan fingerprint density at radius 2 is 1.77 bits per heavy atom. The molecule has 0 unspecified atom stereocenters. The van der Waals surface area contributed by atoms with Crippen molar-refractivity contribution in [1.82, 2.24) is 19.9 Å². The largest absolute Gasteiger partial charge is 0.378 e. The average molecular weight is 529 g/mol. The van der Waals surface area contributed by atoms with Gasteiger partial charge in [-0.25, -0.2) is 23.1 Å². The lowest BCUT2D eigenvalue weighted by Gasteiger charge is -2.28. The lowest BCUT2D eigenvalue weighted by molar-refractivity contribution is 0.122. The summed E-state index contributed by atoms with van der Waals surface area (Å²) in [6.07, 6.45) is 5.92. The van der Waals surface area contributed by atoms with Gasteiger partial charge in [0.2, 0.25) is 0 Å². The second-order valence-electron chi connectivity index (χ2n) is 9.16. The Labute approximate surface area is 222 Å². The van der Waals surface area contributed by atoms with Crippen molar-refractivity contribution in [2.24, 2.45) is 0 Å². The summed E-state index contributed by atoms with van der Waals surface area (Å²) in [5.41, 5.74) is 3.77. The molecule has 6 rings (SSSR count). The molecule has 0 spiro atoms. The number of hydrogen-bond acceptors (Lipinski definition) is 7. The van der Waals surface area contributed by atoms with Crippen LogP contribution in [0.1, 0.15) is 5.56 Å². The monoisotopic (exact) mass is 528 g/mol. The number of anilines is 3. The van der Waals surface area contributed by atoms with E-state index in [0.29, 0.717) is 71.6 Å². The molecule has 39 heavy (non-hydrogen) atoms. The molecule has 0 amide bonds. The van der Waals surface area contributed by atoms with Crippen molar-refractivity contribution in [1.29, 1.82) is 0 Å². The molecule has 5 heterocycles. The summed E-state index contributed by atoms with van der Waals surface area (Å²) in [6, 6.07) is 10.6. The summed E-state index contributed by atoms with van der Waals surface area (Å²) in [4.78, 5) is 19.7. The molecule has 0 bridgehead atoms. The fourth-order valence-corrected chi connectivity index (χ4v) is 4.75. The minimum absolute atomic E-state index is 0.127. The number of nitrogens with zero attached hydrogens (tertiary/aromatic N) is 5. The van der Waals surface area contributed by atoms with Crippen LogP contribution in [0.25, 0.3) is 33.4 Å². The SMILES string of the molecule is Cc1c(-c2ccccn2)nc2cc(F)cc(F)c2c1Nc1cc(N2CCOCC2)ncc1-c1cncc(F)c1. The summed E-state index contributed by atoms with van der Waals surface area (Å²) in [6.45, 7) is 4.25. The predicted molar refractivity (Wildman–Crippen MR) is 143 cm³/mol. The van der Waals surface area contributed by atoms with Crippen molar-refractivity contribution < 1.29 is 17.9 Å². The first-order chi connectivity index (χ1) is 19.0. The lowest BCUT2D eigenvalue weighted by atomic mass is 10.0. The van der Waals surface area contributed by atoms with Gasteiger partial charge in [-0.15, -0.1) is 0 Å². The Morgan fingerprint density at radius 1 is 0.923 bits per heavy atom. The van der Waals surface area contributed by atoms with E-state index in [9.17, 15) is 8.78 Å². The second-order valence-corrected chi connectivity index (χ2v) is 9.16. The van der Waals surface area contributed by atoms with E-state index in [4.69, 9.17) is 4.74 Å². The summed E-state index contributed by atoms with van der Waals surface area (Å²) >= 11 is 0. The molecule has 0 atom stereocenters. The number of halogens is 3. The first-order valence-corrected chi connectivity index (χ1v) is 12.4. The fraction of sp³-hybridized carbons (Fsp3) is 0.172. The number of nitrogens with one attached hydrogen (secondary N) is 1. The minimum Gasteiger partial charge on any atom is -0.378 e. The zero-order valence-corrected chi connectivity index (χ0v) is 21.0. The van der Waals surface area contributed by atoms with Crippen LogP contribution in [0.5, 0.6) is 0 Å². The van der Waals surface area contributed by atoms with E-state index in [2.05, 4.69) is 30.2 Å². The van der Waals surface area contributed by atoms with Gasteiger partial charge in [0, 0.05) is 66.6 Å². The highest BCUT2D eigenvalue weighted by atomic mass is 19.1. The molecule has 4 aromatic heterocycles. The van der Waals surface area contributed by atoms with Crippen LogP contribution in [-0.2, 0) is 4.74 Å². The molecule has 10 heteroatoms. The molecule has 1 aliphatic rings. The van der Waals surface area contributed by atoms with Crippen LogP contribution in [-0.4, -0.2) is 46.2 Å². The maximum Gasteiger partial charge on any atom is 0.142 e. The molecule has 1 fully saturated rings. The highest BCUT2D eigenvalue weighted by Crippen LogP contribution is 2.39. The maximum atomic E-state index is 15.3. The number of pyridine rings is 4. The smallest absolute Gasteiger partial charge is 0.142 e. The van der Waals surface area contributed by atoms with Crippen molar-refractivity contribution in [3.8, 4) is 22.5 Å². The maximum absolute atomic E-state index is 15.3. The third-order valence-electron chi connectivity index (χ3n) is 6.65. The molecule has 0 radical (unpaired) electrons. The Bertz CT molecular complexity index is 1680. The standard InChI is InChI=1S/C29H23F3N6O/c1-17-28(23-4-2-3-5-34-23)37-25-12-19(30)11-22(32)27(25)29(17)36-24-13-26(38-6-8-39-9-7-38)35-16-21(24)18-10-20(31)15-33-14-18/h2-5,10-16H,6-9H2,1H3,(H,35,36,37). The van der Waals surface area contributed by atoms with Gasteiger partial charge < -0.3 is 15.0 Å². The lowest BCUT2D eigenvalue weighted by Crippen LogP contribution is -2.36. The number of hydrogen-bond donors (Lipinski definition) is 1. The van der Waals surface area contributed by atoms with Gasteiger partial charge in [-0.2, -0.15) is 0 Å². The summed E-state index contributed by atoms with van der Waals surface area (Å²) in [5.74, 6) is -1.31. The van der Waals surface area contributed by atoms with Crippen LogP contribution in [0.2, 0.25) is 0 Å². The number of rotatable bonds is 5. The molecular weight excluding hydrogens is 505 g/mol. The number of fused-ring (bicyclic) bond motifs is 1. The van der Waals surface area contributed by atoms with Crippen LogP contribution in [0.4, 0.5) is 30.4 Å². The van der Waals surface area contributed by atoms with E-state index in [1.807, 2.05) is 12.1 Å². The van der Waals surface area contributed by atoms with Crippen molar-refractivity contribution in [3.63, 3.8) is 0 Å². The van der Waals surface area contributed by atoms with Crippen molar-refractivity contribution >= 4 is 28.1 Å². The molecule has 0 aliphatic carbocycles. The summed E-state index contributed by atoms with van der Waals surface area (Å²) in [5, 5.41) is 3.50. The van der Waals surface area contributed by atoms with Crippen molar-refractivity contribution in [2.45, 2.75) is 6.92 Å². The predicted octanol–water partition coefficient (Wildman–Crippen LogP) is 6.06. The Morgan fingerprint density at radius 3 is 2.54 bits per heavy atom. The zero-order chi connectivity index (χ0) is 26.9. The van der Waals surface area contributed by atoms with Gasteiger partial charge in [-0.3, -0.25) is 9.97 Å². The van der Waals surface area contributed by atoms with Gasteiger partial charge >= 0.3 is 0 Å². The summed E-state index contributed by atoms with van der Waals surface area (Å²) < 4.78 is 49.3. The van der Waals surface area contributed by atoms with Crippen LogP contribution in [0, 0.1) is 24.4 Å². The third-order valence-corrected chi connectivity index (χ3v) is 6.65. The number of ether oxygens (including phenoxy) is 1. The molecular formula is C29H23F3N6O. The Hall–Kier alpha value is -4.57. The number of aromatic nitrogens is 4. The molecule has 1 aromatic carbocycles. The van der Waals surface area contributed by atoms with Gasteiger partial charge in [-0.05, 0) is 25.1 Å². The minimum atomic E-state index is -0.757. The normalized spacial score (nSPS) is 13.6. The van der Waals surface area contributed by atoms with E-state index >= 15 is 4.39 Å². The van der Waals surface area contributed by atoms with E-state index in [1.54, 1.807) is 31.5 Å². The number of benzene rings is 1. The Kier molecular flexibility index (Phi) is 6.54. The van der Waals surface area contributed by atoms with Gasteiger partial charge in [0.05, 0.1) is 53.1 Å². The van der Waals surface area contributed by atoms with Crippen LogP contribution < -0.4 is 10.2 Å². The first-order valence-electron chi connectivity index (χ1n) is 12.4. The zero-order valence-electron chi connectivity index (χ0n) is 21.0. The molecule has 196 valence electrons. The van der Waals surface area contributed by atoms with Gasteiger partial charge in [0.15, 0.2) is 0 Å².